The van der Waals surface area contributed by atoms with Gasteiger partial charge in [-0.25, -0.2) is 0 Å². The Labute approximate surface area is 115 Å². The Balaban J connectivity index is 1.68. The van der Waals surface area contributed by atoms with Gasteiger partial charge in [0.1, 0.15) is 5.75 Å². The van der Waals surface area contributed by atoms with Crippen LogP contribution in [0.15, 0.2) is 24.3 Å². The van der Waals surface area contributed by atoms with Crippen molar-refractivity contribution in [2.24, 2.45) is 0 Å². The van der Waals surface area contributed by atoms with Gasteiger partial charge in [-0.05, 0) is 25.5 Å². The highest BCUT2D eigenvalue weighted by molar-refractivity contribution is 5.37. The fourth-order valence-corrected chi connectivity index (χ4v) is 3.29. The molecule has 2 aliphatic rings. The molecule has 2 unspecified atom stereocenters. The van der Waals surface area contributed by atoms with Crippen LogP contribution in [0.4, 0.5) is 0 Å². The molecule has 0 saturated carbocycles. The van der Waals surface area contributed by atoms with Gasteiger partial charge in [0.05, 0.1) is 6.61 Å². The van der Waals surface area contributed by atoms with E-state index in [1.165, 1.54) is 31.5 Å². The fraction of sp³-hybridized carbons (Fsp3) is 0.625. The average Bonchev–Trinajstić information content (AvgIpc) is 2.93. The van der Waals surface area contributed by atoms with Crippen LogP contribution in [-0.4, -0.2) is 37.2 Å². The first-order valence-electron chi connectivity index (χ1n) is 7.57. The molecular formula is C16H24N2O. The van der Waals surface area contributed by atoms with Crippen molar-refractivity contribution in [1.82, 2.24) is 10.2 Å². The van der Waals surface area contributed by atoms with E-state index in [1.807, 2.05) is 0 Å². The van der Waals surface area contributed by atoms with E-state index in [0.29, 0.717) is 12.1 Å². The van der Waals surface area contributed by atoms with Crippen LogP contribution in [0.3, 0.4) is 0 Å². The summed E-state index contributed by atoms with van der Waals surface area (Å²) >= 11 is 0. The van der Waals surface area contributed by atoms with Crippen LogP contribution in [0.5, 0.6) is 5.75 Å². The average molecular weight is 260 g/mol. The van der Waals surface area contributed by atoms with Crippen LogP contribution in [0.1, 0.15) is 37.8 Å². The Morgan fingerprint density at radius 3 is 3.11 bits per heavy atom. The van der Waals surface area contributed by atoms with Crippen LogP contribution in [0.25, 0.3) is 0 Å². The third-order valence-corrected chi connectivity index (χ3v) is 4.27. The fourth-order valence-electron chi connectivity index (χ4n) is 3.29. The van der Waals surface area contributed by atoms with Gasteiger partial charge in [0.15, 0.2) is 0 Å². The first-order chi connectivity index (χ1) is 9.38. The molecule has 0 bridgehead atoms. The van der Waals surface area contributed by atoms with E-state index in [2.05, 4.69) is 41.4 Å². The van der Waals surface area contributed by atoms with Gasteiger partial charge in [-0.15, -0.1) is 0 Å². The highest BCUT2D eigenvalue weighted by atomic mass is 16.5. The number of ether oxygens (including phenoxy) is 1. The Bertz CT molecular complexity index is 421. The van der Waals surface area contributed by atoms with Crippen molar-refractivity contribution < 1.29 is 4.74 Å². The topological polar surface area (TPSA) is 24.5 Å². The lowest BCUT2D eigenvalue weighted by molar-refractivity contribution is 0.163. The molecular weight excluding hydrogens is 236 g/mol. The van der Waals surface area contributed by atoms with Crippen molar-refractivity contribution >= 4 is 0 Å². The molecule has 2 atom stereocenters. The van der Waals surface area contributed by atoms with Gasteiger partial charge in [0, 0.05) is 37.2 Å². The van der Waals surface area contributed by atoms with E-state index in [1.54, 1.807) is 0 Å². The Morgan fingerprint density at radius 1 is 1.32 bits per heavy atom. The number of benzene rings is 1. The zero-order valence-corrected chi connectivity index (χ0v) is 11.8. The maximum Gasteiger partial charge on any atom is 0.124 e. The summed E-state index contributed by atoms with van der Waals surface area (Å²) in [5.41, 5.74) is 1.38. The second-order valence-corrected chi connectivity index (χ2v) is 5.63. The van der Waals surface area contributed by atoms with E-state index in [0.717, 1.165) is 25.3 Å². The lowest BCUT2D eigenvalue weighted by Gasteiger charge is -2.33. The summed E-state index contributed by atoms with van der Waals surface area (Å²) in [6.07, 6.45) is 3.62. The van der Waals surface area contributed by atoms with Crippen LogP contribution in [0.2, 0.25) is 0 Å². The summed E-state index contributed by atoms with van der Waals surface area (Å²) in [7, 11) is 0. The van der Waals surface area contributed by atoms with Crippen LogP contribution >= 0.6 is 0 Å². The van der Waals surface area contributed by atoms with Crippen LogP contribution in [0, 0.1) is 0 Å². The molecule has 1 aromatic carbocycles. The molecule has 0 aromatic heterocycles. The molecule has 19 heavy (non-hydrogen) atoms. The van der Waals surface area contributed by atoms with E-state index in [-0.39, 0.29) is 0 Å². The zero-order chi connectivity index (χ0) is 13.1. The summed E-state index contributed by atoms with van der Waals surface area (Å²) in [5.74, 6) is 1.09. The highest BCUT2D eigenvalue weighted by Crippen LogP contribution is 2.37. The van der Waals surface area contributed by atoms with E-state index >= 15 is 0 Å². The minimum Gasteiger partial charge on any atom is -0.493 e. The molecule has 0 radical (unpaired) electrons. The summed E-state index contributed by atoms with van der Waals surface area (Å²) in [6, 6.07) is 9.75. The molecule has 1 N–H and O–H groups in total. The SMILES string of the molecule is CCCNC1CCN(C2CCOc3ccccc32)C1. The Kier molecular flexibility index (Phi) is 4.04. The second-order valence-electron chi connectivity index (χ2n) is 5.63. The molecule has 1 saturated heterocycles. The number of rotatable bonds is 4. The molecule has 2 aliphatic heterocycles. The van der Waals surface area contributed by atoms with E-state index < -0.39 is 0 Å². The van der Waals surface area contributed by atoms with Crippen molar-refractivity contribution in [2.45, 2.75) is 38.3 Å². The van der Waals surface area contributed by atoms with Crippen LogP contribution in [-0.2, 0) is 0 Å². The van der Waals surface area contributed by atoms with Gasteiger partial charge in [-0.3, -0.25) is 4.90 Å². The van der Waals surface area contributed by atoms with Crippen molar-refractivity contribution in [3.8, 4) is 5.75 Å². The minimum absolute atomic E-state index is 0.554. The van der Waals surface area contributed by atoms with E-state index in [4.69, 9.17) is 4.74 Å². The van der Waals surface area contributed by atoms with Gasteiger partial charge >= 0.3 is 0 Å². The van der Waals surface area contributed by atoms with Gasteiger partial charge in [-0.2, -0.15) is 0 Å². The van der Waals surface area contributed by atoms with Gasteiger partial charge in [0.2, 0.25) is 0 Å². The number of fused-ring (bicyclic) bond motifs is 1. The number of likely N-dealkylation sites (tertiary alicyclic amines) is 1. The predicted molar refractivity (Wildman–Crippen MR) is 77.6 cm³/mol. The lowest BCUT2D eigenvalue weighted by atomic mass is 9.99. The first kappa shape index (κ1) is 12.9. The van der Waals surface area contributed by atoms with Crippen molar-refractivity contribution in [3.63, 3.8) is 0 Å². The molecule has 3 rings (SSSR count). The summed E-state index contributed by atoms with van der Waals surface area (Å²) in [5, 5.41) is 3.65. The maximum absolute atomic E-state index is 5.76. The number of hydrogen-bond donors (Lipinski definition) is 1. The van der Waals surface area contributed by atoms with Crippen molar-refractivity contribution in [1.29, 1.82) is 0 Å². The molecule has 3 heteroatoms. The number of nitrogens with zero attached hydrogens (tertiary/aromatic N) is 1. The quantitative estimate of drug-likeness (QED) is 0.900. The van der Waals surface area contributed by atoms with Crippen molar-refractivity contribution in [3.05, 3.63) is 29.8 Å². The number of para-hydroxylation sites is 1. The van der Waals surface area contributed by atoms with Crippen LogP contribution < -0.4 is 10.1 Å². The zero-order valence-electron chi connectivity index (χ0n) is 11.8. The third kappa shape index (κ3) is 2.77. The molecule has 1 fully saturated rings. The number of hydrogen-bond acceptors (Lipinski definition) is 3. The predicted octanol–water partition coefficient (Wildman–Crippen LogP) is 2.58. The minimum atomic E-state index is 0.554. The normalized spacial score (nSPS) is 27.0. The van der Waals surface area contributed by atoms with Gasteiger partial charge < -0.3 is 10.1 Å². The molecule has 0 amide bonds. The highest BCUT2D eigenvalue weighted by Gasteiger charge is 2.31. The lowest BCUT2D eigenvalue weighted by Crippen LogP contribution is -2.35. The molecule has 0 spiro atoms. The Morgan fingerprint density at radius 2 is 2.21 bits per heavy atom. The van der Waals surface area contributed by atoms with Gasteiger partial charge in [0.25, 0.3) is 0 Å². The molecule has 2 heterocycles. The smallest absolute Gasteiger partial charge is 0.124 e. The van der Waals surface area contributed by atoms with Gasteiger partial charge in [-0.1, -0.05) is 25.1 Å². The molecule has 0 aliphatic carbocycles. The molecule has 3 nitrogen and oxygen atoms in total. The summed E-state index contributed by atoms with van der Waals surface area (Å²) in [6.45, 7) is 6.61. The van der Waals surface area contributed by atoms with E-state index in [9.17, 15) is 0 Å². The standard InChI is InChI=1S/C16H24N2O/c1-2-9-17-13-7-10-18(12-13)15-8-11-19-16-6-4-3-5-14(15)16/h3-6,13,15,17H,2,7-12H2,1H3. The first-order valence-corrected chi connectivity index (χ1v) is 7.57. The van der Waals surface area contributed by atoms with Crippen molar-refractivity contribution in [2.75, 3.05) is 26.2 Å². The second kappa shape index (κ2) is 5.93. The third-order valence-electron chi connectivity index (χ3n) is 4.27. The largest absolute Gasteiger partial charge is 0.493 e. The Hall–Kier alpha value is -1.06. The molecule has 104 valence electrons. The maximum atomic E-state index is 5.76. The summed E-state index contributed by atoms with van der Waals surface area (Å²) < 4.78 is 5.76. The molecule has 1 aromatic rings. The monoisotopic (exact) mass is 260 g/mol. The number of nitrogens with one attached hydrogen (secondary N) is 1. The summed E-state index contributed by atoms with van der Waals surface area (Å²) in [4.78, 5) is 2.63.